The molecule has 0 aliphatic carbocycles. The van der Waals surface area contributed by atoms with E-state index in [4.69, 9.17) is 14.7 Å². The van der Waals surface area contributed by atoms with E-state index < -0.39 is 42.3 Å². The summed E-state index contributed by atoms with van der Waals surface area (Å²) in [6.07, 6.45) is 3.90. The minimum absolute atomic E-state index is 0.119. The Morgan fingerprint density at radius 3 is 2.37 bits per heavy atom. The second-order valence-corrected chi connectivity index (χ2v) is 9.79. The van der Waals surface area contributed by atoms with Crippen molar-refractivity contribution in [2.45, 2.75) is 71.2 Å². The number of aromatic nitrogens is 2. The number of amides is 2. The molecule has 12 heteroatoms. The molecule has 0 spiro atoms. The third-order valence-electron chi connectivity index (χ3n) is 6.52. The Morgan fingerprint density at radius 2 is 1.72 bits per heavy atom. The maximum absolute atomic E-state index is 14.0. The van der Waals surface area contributed by atoms with Crippen LogP contribution in [-0.2, 0) is 36.6 Å². The Kier molecular flexibility index (Phi) is 12.7. The number of benzene rings is 2. The quantitative estimate of drug-likeness (QED) is 0.102. The van der Waals surface area contributed by atoms with Gasteiger partial charge in [0.05, 0.1) is 12.2 Å². The van der Waals surface area contributed by atoms with E-state index in [1.165, 1.54) is 19.1 Å². The number of carbonyl (C=O) groups is 4. The van der Waals surface area contributed by atoms with Crippen LogP contribution in [0.1, 0.15) is 73.4 Å². The fourth-order valence-corrected chi connectivity index (χ4v) is 4.50. The first-order valence-electron chi connectivity index (χ1n) is 14.2. The predicted octanol–water partition coefficient (Wildman–Crippen LogP) is 4.11. The fourth-order valence-electron chi connectivity index (χ4n) is 4.50. The van der Waals surface area contributed by atoms with Crippen LogP contribution in [0.4, 0.5) is 4.79 Å². The van der Waals surface area contributed by atoms with Gasteiger partial charge in [0.25, 0.3) is 0 Å². The lowest BCUT2D eigenvalue weighted by Crippen LogP contribution is -2.43. The van der Waals surface area contributed by atoms with E-state index in [9.17, 15) is 19.2 Å². The molecule has 0 saturated heterocycles. The maximum atomic E-state index is 14.0. The fraction of sp³-hybridized carbons (Fsp3) is 0.387. The average Bonchev–Trinajstić information content (AvgIpc) is 3.44. The standard InChI is InChI=1S/C31H38N4O8/c1-4-6-12-26-32-17-18-35(26)28(29(37)33-25(20-27(36)34-40)19-22-10-8-7-9-11-22)23-13-15-24(16-14-23)30(38)42-21(3)43-31(39)41-5-2/h7-11,13-18,21,25,28,40H,4-6,12,19-20H2,1-3H3,(H,33,37)(H,34,36)/t21?,25-,28?/m0/s1. The molecule has 0 aliphatic rings. The van der Waals surface area contributed by atoms with Gasteiger partial charge in [0, 0.05) is 38.2 Å². The van der Waals surface area contributed by atoms with Gasteiger partial charge < -0.3 is 24.1 Å². The lowest BCUT2D eigenvalue weighted by molar-refractivity contribution is -0.130. The Labute approximate surface area is 250 Å². The van der Waals surface area contributed by atoms with Gasteiger partial charge in [-0.3, -0.25) is 14.8 Å². The third-order valence-corrected chi connectivity index (χ3v) is 6.52. The first kappa shape index (κ1) is 32.8. The lowest BCUT2D eigenvalue weighted by atomic mass is 10.00. The average molecular weight is 595 g/mol. The van der Waals surface area contributed by atoms with E-state index in [1.54, 1.807) is 41.5 Å². The number of ether oxygens (including phenoxy) is 3. The zero-order valence-electron chi connectivity index (χ0n) is 24.5. The van der Waals surface area contributed by atoms with Gasteiger partial charge >= 0.3 is 12.1 Å². The normalized spacial score (nSPS) is 12.8. The van der Waals surface area contributed by atoms with Crippen molar-refractivity contribution >= 4 is 23.9 Å². The molecule has 1 heterocycles. The molecule has 3 atom stereocenters. The molecular formula is C31H38N4O8. The van der Waals surface area contributed by atoms with E-state index in [1.807, 2.05) is 30.3 Å². The Hall–Kier alpha value is -4.71. The van der Waals surface area contributed by atoms with Crippen LogP contribution >= 0.6 is 0 Å². The smallest absolute Gasteiger partial charge is 0.435 e. The molecule has 2 amide bonds. The number of imidazole rings is 1. The van der Waals surface area contributed by atoms with Crippen LogP contribution in [-0.4, -0.2) is 57.6 Å². The summed E-state index contributed by atoms with van der Waals surface area (Å²) in [5.74, 6) is -1.04. The summed E-state index contributed by atoms with van der Waals surface area (Å²) in [7, 11) is 0. The van der Waals surface area contributed by atoms with Gasteiger partial charge in [-0.2, -0.15) is 0 Å². The zero-order chi connectivity index (χ0) is 31.2. The predicted molar refractivity (Wildman–Crippen MR) is 155 cm³/mol. The van der Waals surface area contributed by atoms with Crippen LogP contribution in [0.5, 0.6) is 0 Å². The number of unbranched alkanes of at least 4 members (excludes halogenated alkanes) is 1. The van der Waals surface area contributed by atoms with Crippen LogP contribution in [0.15, 0.2) is 67.0 Å². The molecule has 0 aliphatic heterocycles. The van der Waals surface area contributed by atoms with Crippen LogP contribution in [0, 0.1) is 0 Å². The summed E-state index contributed by atoms with van der Waals surface area (Å²) < 4.78 is 16.5. The summed E-state index contributed by atoms with van der Waals surface area (Å²) in [5, 5.41) is 12.1. The Bertz CT molecular complexity index is 1340. The summed E-state index contributed by atoms with van der Waals surface area (Å²) in [6.45, 7) is 5.20. The number of nitrogens with zero attached hydrogens (tertiary/aromatic N) is 2. The second-order valence-electron chi connectivity index (χ2n) is 9.79. The molecule has 2 aromatic carbocycles. The van der Waals surface area contributed by atoms with Crippen LogP contribution in [0.3, 0.4) is 0 Å². The molecule has 230 valence electrons. The van der Waals surface area contributed by atoms with Crippen molar-refractivity contribution in [2.24, 2.45) is 0 Å². The minimum atomic E-state index is -1.17. The van der Waals surface area contributed by atoms with Gasteiger partial charge in [0.15, 0.2) is 0 Å². The number of hydroxylamine groups is 1. The van der Waals surface area contributed by atoms with Crippen molar-refractivity contribution in [3.05, 3.63) is 89.5 Å². The molecule has 3 aromatic rings. The SMILES string of the molecule is CCCCc1nccn1C(C(=O)N[C@H](CC(=O)NO)Cc1ccccc1)c1ccc(C(=O)OC(C)OC(=O)OCC)cc1. The van der Waals surface area contributed by atoms with Crippen molar-refractivity contribution in [3.8, 4) is 0 Å². The molecule has 0 bridgehead atoms. The summed E-state index contributed by atoms with van der Waals surface area (Å²) in [5.41, 5.74) is 3.29. The highest BCUT2D eigenvalue weighted by Gasteiger charge is 2.28. The van der Waals surface area contributed by atoms with E-state index >= 15 is 0 Å². The number of aryl methyl sites for hydroxylation is 1. The van der Waals surface area contributed by atoms with Crippen molar-refractivity contribution in [2.75, 3.05) is 6.61 Å². The number of nitrogens with one attached hydrogen (secondary N) is 2. The zero-order valence-corrected chi connectivity index (χ0v) is 24.5. The summed E-state index contributed by atoms with van der Waals surface area (Å²) in [6, 6.07) is 14.2. The Balaban J connectivity index is 1.87. The van der Waals surface area contributed by atoms with Gasteiger partial charge in [-0.05, 0) is 43.0 Å². The van der Waals surface area contributed by atoms with Gasteiger partial charge in [0.2, 0.25) is 18.1 Å². The van der Waals surface area contributed by atoms with Crippen molar-refractivity contribution in [1.82, 2.24) is 20.3 Å². The van der Waals surface area contributed by atoms with E-state index in [-0.39, 0.29) is 18.6 Å². The largest absolute Gasteiger partial charge is 0.511 e. The molecule has 0 fully saturated rings. The topological polar surface area (TPSA) is 158 Å². The van der Waals surface area contributed by atoms with E-state index in [0.717, 1.165) is 18.4 Å². The molecule has 43 heavy (non-hydrogen) atoms. The molecule has 2 unspecified atom stereocenters. The van der Waals surface area contributed by atoms with Crippen LogP contribution < -0.4 is 10.8 Å². The number of esters is 1. The van der Waals surface area contributed by atoms with Crippen LogP contribution in [0.2, 0.25) is 0 Å². The monoisotopic (exact) mass is 594 g/mol. The molecule has 1 aromatic heterocycles. The molecule has 3 rings (SSSR count). The van der Waals surface area contributed by atoms with Gasteiger partial charge in [-0.15, -0.1) is 0 Å². The van der Waals surface area contributed by atoms with E-state index in [0.29, 0.717) is 24.2 Å². The second kappa shape index (κ2) is 16.7. The number of carbonyl (C=O) groups excluding carboxylic acids is 4. The van der Waals surface area contributed by atoms with Gasteiger partial charge in [-0.1, -0.05) is 55.8 Å². The Morgan fingerprint density at radius 1 is 1.00 bits per heavy atom. The molecule has 0 radical (unpaired) electrons. The van der Waals surface area contributed by atoms with Crippen molar-refractivity contribution in [3.63, 3.8) is 0 Å². The highest BCUT2D eigenvalue weighted by Crippen LogP contribution is 2.23. The highest BCUT2D eigenvalue weighted by molar-refractivity contribution is 5.90. The van der Waals surface area contributed by atoms with Gasteiger partial charge in [0.1, 0.15) is 11.9 Å². The minimum Gasteiger partial charge on any atom is -0.435 e. The summed E-state index contributed by atoms with van der Waals surface area (Å²) >= 11 is 0. The third kappa shape index (κ3) is 9.96. The van der Waals surface area contributed by atoms with Crippen LogP contribution in [0.25, 0.3) is 0 Å². The molecule has 12 nitrogen and oxygen atoms in total. The lowest BCUT2D eigenvalue weighted by Gasteiger charge is -2.25. The van der Waals surface area contributed by atoms with Gasteiger partial charge in [-0.25, -0.2) is 20.1 Å². The summed E-state index contributed by atoms with van der Waals surface area (Å²) in [4.78, 5) is 54.7. The number of hydrogen-bond acceptors (Lipinski definition) is 9. The molecule has 3 N–H and O–H groups in total. The highest BCUT2D eigenvalue weighted by atomic mass is 16.8. The maximum Gasteiger partial charge on any atom is 0.511 e. The van der Waals surface area contributed by atoms with E-state index in [2.05, 4.69) is 22.0 Å². The molecule has 0 saturated carbocycles. The molecular weight excluding hydrogens is 556 g/mol. The van der Waals surface area contributed by atoms with Crippen molar-refractivity contribution < 1.29 is 38.6 Å². The first-order chi connectivity index (χ1) is 20.7. The van der Waals surface area contributed by atoms with Crippen molar-refractivity contribution in [1.29, 1.82) is 0 Å². The number of rotatable bonds is 15. The number of hydrogen-bond donors (Lipinski definition) is 3. The first-order valence-corrected chi connectivity index (χ1v) is 14.2.